The lowest BCUT2D eigenvalue weighted by atomic mass is 9.97. The average molecular weight is 237 g/mol. The van der Waals surface area contributed by atoms with E-state index in [9.17, 15) is 9.90 Å². The van der Waals surface area contributed by atoms with Crippen molar-refractivity contribution in [3.63, 3.8) is 0 Å². The molecule has 0 aromatic carbocycles. The van der Waals surface area contributed by atoms with Gasteiger partial charge in [-0.2, -0.15) is 0 Å². The first-order valence-electron chi connectivity index (χ1n) is 6.14. The predicted molar refractivity (Wildman–Crippen MR) is 63.8 cm³/mol. The van der Waals surface area contributed by atoms with Crippen LogP contribution >= 0.6 is 0 Å². The van der Waals surface area contributed by atoms with Gasteiger partial charge >= 0.3 is 0 Å². The van der Waals surface area contributed by atoms with Crippen LogP contribution in [0.4, 0.5) is 0 Å². The molecule has 2 heterocycles. The summed E-state index contributed by atoms with van der Waals surface area (Å²) in [4.78, 5) is 14.1. The largest absolute Gasteiger partial charge is 0.459 e. The first-order chi connectivity index (χ1) is 8.11. The molecule has 0 radical (unpaired) electrons. The maximum absolute atomic E-state index is 12.3. The Labute approximate surface area is 101 Å². The standard InChI is InChI=1S/C13H19NO3/c1-9-6-8-17-12(9)13(16)14-7-4-3-5-11(14)10(2)15/h6,8,10-11,15H,3-5,7H2,1-2H3/t10-,11-/m1/s1. The summed E-state index contributed by atoms with van der Waals surface area (Å²) in [5.74, 6) is 0.302. The monoisotopic (exact) mass is 237 g/mol. The molecule has 4 nitrogen and oxygen atoms in total. The number of piperidine rings is 1. The van der Waals surface area contributed by atoms with Crippen LogP contribution in [-0.2, 0) is 0 Å². The number of likely N-dealkylation sites (tertiary alicyclic amines) is 1. The van der Waals surface area contributed by atoms with E-state index in [4.69, 9.17) is 4.42 Å². The van der Waals surface area contributed by atoms with Crippen molar-refractivity contribution in [3.05, 3.63) is 23.7 Å². The van der Waals surface area contributed by atoms with Gasteiger partial charge in [0.1, 0.15) is 0 Å². The van der Waals surface area contributed by atoms with Crippen molar-refractivity contribution >= 4 is 5.91 Å². The van der Waals surface area contributed by atoms with Crippen LogP contribution in [0.5, 0.6) is 0 Å². The maximum Gasteiger partial charge on any atom is 0.290 e. The van der Waals surface area contributed by atoms with E-state index >= 15 is 0 Å². The molecular formula is C13H19NO3. The fourth-order valence-electron chi connectivity index (χ4n) is 2.43. The molecule has 2 atom stereocenters. The maximum atomic E-state index is 12.3. The molecule has 0 bridgehead atoms. The van der Waals surface area contributed by atoms with Crippen molar-refractivity contribution in [1.82, 2.24) is 4.90 Å². The number of hydrogen-bond donors (Lipinski definition) is 1. The van der Waals surface area contributed by atoms with Crippen LogP contribution in [0.1, 0.15) is 42.3 Å². The molecule has 1 aromatic heterocycles. The second kappa shape index (κ2) is 4.92. The summed E-state index contributed by atoms with van der Waals surface area (Å²) in [5.41, 5.74) is 0.852. The van der Waals surface area contributed by atoms with Crippen LogP contribution in [0.2, 0.25) is 0 Å². The fraction of sp³-hybridized carbons (Fsp3) is 0.615. The Morgan fingerprint density at radius 1 is 1.59 bits per heavy atom. The van der Waals surface area contributed by atoms with E-state index in [-0.39, 0.29) is 11.9 Å². The Kier molecular flexibility index (Phi) is 3.52. The second-order valence-electron chi connectivity index (χ2n) is 4.74. The minimum atomic E-state index is -0.491. The molecule has 0 spiro atoms. The lowest BCUT2D eigenvalue weighted by Gasteiger charge is -2.37. The van der Waals surface area contributed by atoms with Crippen LogP contribution in [-0.4, -0.2) is 34.6 Å². The lowest BCUT2D eigenvalue weighted by molar-refractivity contribution is 0.0257. The van der Waals surface area contributed by atoms with Gasteiger partial charge in [-0.3, -0.25) is 4.79 Å². The molecule has 1 saturated heterocycles. The Balaban J connectivity index is 2.20. The third-order valence-corrected chi connectivity index (χ3v) is 3.42. The molecular weight excluding hydrogens is 218 g/mol. The zero-order valence-corrected chi connectivity index (χ0v) is 10.3. The molecule has 0 saturated carbocycles. The SMILES string of the molecule is Cc1ccoc1C(=O)N1CCCC[C@@H]1[C@@H](C)O. The summed E-state index contributed by atoms with van der Waals surface area (Å²) in [6.07, 6.45) is 3.97. The van der Waals surface area contributed by atoms with Crippen LogP contribution < -0.4 is 0 Å². The van der Waals surface area contributed by atoms with Gasteiger partial charge in [0.15, 0.2) is 5.76 Å². The van der Waals surface area contributed by atoms with Crippen molar-refractivity contribution in [2.75, 3.05) is 6.54 Å². The Hall–Kier alpha value is -1.29. The third-order valence-electron chi connectivity index (χ3n) is 3.42. The van der Waals surface area contributed by atoms with E-state index in [0.29, 0.717) is 12.3 Å². The lowest BCUT2D eigenvalue weighted by Crippen LogP contribution is -2.48. The zero-order valence-electron chi connectivity index (χ0n) is 10.3. The summed E-state index contributed by atoms with van der Waals surface area (Å²) in [6.45, 7) is 4.30. The van der Waals surface area contributed by atoms with Crippen molar-refractivity contribution in [1.29, 1.82) is 0 Å². The van der Waals surface area contributed by atoms with E-state index in [2.05, 4.69) is 0 Å². The van der Waals surface area contributed by atoms with Crippen molar-refractivity contribution in [2.24, 2.45) is 0 Å². The van der Waals surface area contributed by atoms with Crippen molar-refractivity contribution < 1.29 is 14.3 Å². The van der Waals surface area contributed by atoms with E-state index < -0.39 is 6.10 Å². The molecule has 1 fully saturated rings. The third kappa shape index (κ3) is 2.36. The molecule has 2 rings (SSSR count). The Morgan fingerprint density at radius 2 is 2.35 bits per heavy atom. The molecule has 1 N–H and O–H groups in total. The average Bonchev–Trinajstić information content (AvgIpc) is 2.74. The molecule has 4 heteroatoms. The minimum Gasteiger partial charge on any atom is -0.459 e. The quantitative estimate of drug-likeness (QED) is 0.855. The summed E-state index contributed by atoms with van der Waals surface area (Å²) in [6, 6.07) is 1.70. The molecule has 1 aliphatic rings. The van der Waals surface area contributed by atoms with Crippen LogP contribution in [0, 0.1) is 6.92 Å². The van der Waals surface area contributed by atoms with Gasteiger partial charge in [0.05, 0.1) is 18.4 Å². The van der Waals surface area contributed by atoms with Gasteiger partial charge in [0.25, 0.3) is 5.91 Å². The molecule has 1 aromatic rings. The second-order valence-corrected chi connectivity index (χ2v) is 4.74. The topological polar surface area (TPSA) is 53.7 Å². The number of aryl methyl sites for hydroxylation is 1. The number of furan rings is 1. The summed E-state index contributed by atoms with van der Waals surface area (Å²) in [5, 5.41) is 9.74. The number of hydrogen-bond acceptors (Lipinski definition) is 3. The van der Waals surface area contributed by atoms with Gasteiger partial charge in [0, 0.05) is 12.1 Å². The van der Waals surface area contributed by atoms with Gasteiger partial charge < -0.3 is 14.4 Å². The van der Waals surface area contributed by atoms with Gasteiger partial charge in [-0.25, -0.2) is 0 Å². The normalized spacial score (nSPS) is 22.5. The summed E-state index contributed by atoms with van der Waals surface area (Å²) in [7, 11) is 0. The first kappa shape index (κ1) is 12.2. The Bertz CT molecular complexity index is 397. The van der Waals surface area contributed by atoms with E-state index in [1.165, 1.54) is 6.26 Å². The first-order valence-corrected chi connectivity index (χ1v) is 6.14. The summed E-state index contributed by atoms with van der Waals surface area (Å²) >= 11 is 0. The van der Waals surface area contributed by atoms with Gasteiger partial charge in [-0.15, -0.1) is 0 Å². The highest BCUT2D eigenvalue weighted by molar-refractivity contribution is 5.93. The number of rotatable bonds is 2. The highest BCUT2D eigenvalue weighted by Gasteiger charge is 2.32. The van der Waals surface area contributed by atoms with Gasteiger partial charge in [-0.1, -0.05) is 0 Å². The van der Waals surface area contributed by atoms with E-state index in [0.717, 1.165) is 24.8 Å². The summed E-state index contributed by atoms with van der Waals surface area (Å²) < 4.78 is 5.23. The fourth-order valence-corrected chi connectivity index (χ4v) is 2.43. The van der Waals surface area contributed by atoms with Crippen LogP contribution in [0.3, 0.4) is 0 Å². The number of carbonyl (C=O) groups excluding carboxylic acids is 1. The zero-order chi connectivity index (χ0) is 12.4. The van der Waals surface area contributed by atoms with Gasteiger partial charge in [-0.05, 0) is 39.2 Å². The highest BCUT2D eigenvalue weighted by Crippen LogP contribution is 2.23. The number of amides is 1. The smallest absolute Gasteiger partial charge is 0.290 e. The predicted octanol–water partition coefficient (Wildman–Crippen LogP) is 1.96. The van der Waals surface area contributed by atoms with Gasteiger partial charge in [0.2, 0.25) is 0 Å². The Morgan fingerprint density at radius 3 is 2.94 bits per heavy atom. The molecule has 17 heavy (non-hydrogen) atoms. The molecule has 0 unspecified atom stereocenters. The van der Waals surface area contributed by atoms with Crippen molar-refractivity contribution in [3.8, 4) is 0 Å². The van der Waals surface area contributed by atoms with E-state index in [1.54, 1.807) is 17.9 Å². The molecule has 94 valence electrons. The number of nitrogens with zero attached hydrogens (tertiary/aromatic N) is 1. The van der Waals surface area contributed by atoms with Crippen LogP contribution in [0.25, 0.3) is 0 Å². The van der Waals surface area contributed by atoms with Crippen molar-refractivity contribution in [2.45, 2.75) is 45.3 Å². The molecule has 0 aliphatic carbocycles. The minimum absolute atomic E-state index is 0.0826. The molecule has 1 aliphatic heterocycles. The molecule has 1 amide bonds. The van der Waals surface area contributed by atoms with Crippen LogP contribution in [0.15, 0.2) is 16.7 Å². The van der Waals surface area contributed by atoms with E-state index in [1.807, 2.05) is 6.92 Å². The highest BCUT2D eigenvalue weighted by atomic mass is 16.3. The number of aliphatic hydroxyl groups excluding tert-OH is 1. The number of carbonyl (C=O) groups is 1. The number of aliphatic hydroxyl groups is 1.